The Labute approximate surface area is 296 Å². The molecule has 0 aliphatic rings. The molecule has 0 aromatic heterocycles. The number of benzene rings is 6. The third-order valence-electron chi connectivity index (χ3n) is 7.55. The quantitative estimate of drug-likeness (QED) is 0.0466. The fourth-order valence-corrected chi connectivity index (χ4v) is 6.36. The van der Waals surface area contributed by atoms with Gasteiger partial charge in [-0.25, -0.2) is 0 Å². The van der Waals surface area contributed by atoms with Crippen molar-refractivity contribution in [1.82, 2.24) is 0 Å². The monoisotopic (exact) mass is 737 g/mol. The summed E-state index contributed by atoms with van der Waals surface area (Å²) in [7, 11) is -10.1. The minimum atomic E-state index is -5.04. The van der Waals surface area contributed by atoms with Gasteiger partial charge in [-0.15, -0.1) is 15.3 Å². The Balaban J connectivity index is 1.33. The number of phenols is 1. The summed E-state index contributed by atoms with van der Waals surface area (Å²) in [4.78, 5) is -1.73. The van der Waals surface area contributed by atoms with E-state index in [1.54, 1.807) is 84.9 Å². The minimum absolute atomic E-state index is 0.263. The van der Waals surface area contributed by atoms with Gasteiger partial charge in [0.15, 0.2) is 5.75 Å². The lowest BCUT2D eigenvalue weighted by molar-refractivity contribution is 0.472. The van der Waals surface area contributed by atoms with Crippen molar-refractivity contribution in [2.24, 2.45) is 30.7 Å². The first-order valence-corrected chi connectivity index (χ1v) is 17.8. The maximum atomic E-state index is 12.4. The number of anilines is 3. The zero-order valence-corrected chi connectivity index (χ0v) is 28.2. The first kappa shape index (κ1) is 35.2. The highest BCUT2D eigenvalue weighted by molar-refractivity contribution is 7.86. The number of azo groups is 3. The molecule has 16 nitrogen and oxygen atoms in total. The van der Waals surface area contributed by atoms with Gasteiger partial charge in [0.1, 0.15) is 26.9 Å². The van der Waals surface area contributed by atoms with Crippen molar-refractivity contribution in [2.75, 3.05) is 17.2 Å². The predicted octanol–water partition coefficient (Wildman–Crippen LogP) is 8.70. The molecule has 9 N–H and O–H groups in total. The molecule has 0 fully saturated rings. The Kier molecular flexibility index (Phi) is 9.46. The summed E-state index contributed by atoms with van der Waals surface area (Å²) in [6.07, 6.45) is 0. The van der Waals surface area contributed by atoms with E-state index in [9.17, 15) is 31.0 Å². The maximum absolute atomic E-state index is 12.4. The van der Waals surface area contributed by atoms with Gasteiger partial charge in [0.25, 0.3) is 20.2 Å². The summed E-state index contributed by atoms with van der Waals surface area (Å²) in [5, 5.41) is 34.8. The highest BCUT2D eigenvalue weighted by Gasteiger charge is 2.28. The normalized spacial score (nSPS) is 12.4. The van der Waals surface area contributed by atoms with Crippen molar-refractivity contribution in [1.29, 1.82) is 0 Å². The summed E-state index contributed by atoms with van der Waals surface area (Å²) in [5.74, 6) is -0.855. The van der Waals surface area contributed by atoms with E-state index in [0.717, 1.165) is 23.3 Å². The number of fused-ring (bicyclic) bond motifs is 1. The van der Waals surface area contributed by atoms with Crippen LogP contribution in [0.15, 0.2) is 150 Å². The molecule has 6 aromatic carbocycles. The second kappa shape index (κ2) is 14.0. The minimum Gasteiger partial charge on any atom is -0.505 e. The Hall–Kier alpha value is -6.60. The number of phenolic OH excluding ortho intramolecular Hbond substituents is 1. The molecule has 0 bridgehead atoms. The van der Waals surface area contributed by atoms with E-state index in [0.29, 0.717) is 28.4 Å². The van der Waals surface area contributed by atoms with E-state index in [2.05, 4.69) is 30.7 Å². The zero-order chi connectivity index (χ0) is 37.2. The lowest BCUT2D eigenvalue weighted by atomic mass is 10.0. The molecule has 0 amide bonds. The number of nitrogen functional groups attached to an aromatic ring is 3. The van der Waals surface area contributed by atoms with Gasteiger partial charge >= 0.3 is 0 Å². The molecule has 0 spiro atoms. The maximum Gasteiger partial charge on any atom is 0.296 e. The summed E-state index contributed by atoms with van der Waals surface area (Å²) in [6.45, 7) is 0. The molecule has 0 atom stereocenters. The van der Waals surface area contributed by atoms with Gasteiger partial charge in [-0.3, -0.25) is 9.11 Å². The second-order valence-corrected chi connectivity index (χ2v) is 13.9. The molecule has 0 unspecified atom stereocenters. The van der Waals surface area contributed by atoms with E-state index >= 15 is 0 Å². The molecule has 0 radical (unpaired) electrons. The Bertz CT molecular complexity index is 2650. The second-order valence-electron chi connectivity index (χ2n) is 11.1. The zero-order valence-electron chi connectivity index (χ0n) is 26.6. The van der Waals surface area contributed by atoms with Gasteiger partial charge in [-0.2, -0.15) is 32.2 Å². The number of hydrogen-bond acceptors (Lipinski definition) is 14. The van der Waals surface area contributed by atoms with Crippen molar-refractivity contribution in [3.05, 3.63) is 109 Å². The Morgan fingerprint density at radius 1 is 0.519 bits per heavy atom. The molecule has 52 heavy (non-hydrogen) atoms. The van der Waals surface area contributed by atoms with Gasteiger partial charge in [-0.05, 0) is 83.2 Å². The molecule has 0 aliphatic heterocycles. The first-order chi connectivity index (χ1) is 24.7. The first-order valence-electron chi connectivity index (χ1n) is 14.9. The van der Waals surface area contributed by atoms with Gasteiger partial charge < -0.3 is 22.3 Å². The highest BCUT2D eigenvalue weighted by atomic mass is 32.2. The van der Waals surface area contributed by atoms with Crippen molar-refractivity contribution < 1.29 is 31.0 Å². The lowest BCUT2D eigenvalue weighted by Crippen LogP contribution is -2.03. The molecule has 18 heteroatoms. The van der Waals surface area contributed by atoms with Crippen molar-refractivity contribution >= 4 is 82.2 Å². The molecule has 0 heterocycles. The lowest BCUT2D eigenvalue weighted by Gasteiger charge is -2.14. The topological polar surface area (TPSA) is 281 Å². The van der Waals surface area contributed by atoms with Crippen LogP contribution in [0.3, 0.4) is 0 Å². The standard InChI is InChI=1S/C34H27N9O7S2/c35-22-10-15-27(26(36)18-22)41-38-24-11-6-19(7-12-24)20-8-13-25(14-9-20)40-42-32-28(51(45,46)47)16-21-17-29(52(48,49)50)33(34(44)30(21)31(32)37)43-39-23-4-2-1-3-5-23/h1-18,44H,35-37H2,(H,45,46,47)(H,48,49,50)/b41-38+,42-40+,43-39+. The number of hydrogen-bond donors (Lipinski definition) is 6. The SMILES string of the molecule is Nc1ccc(/N=N/c2ccc(-c3ccc(/N=N/c4c(S(=O)(=O)O)cc5cc(S(=O)(=O)O)c(/N=N/c6ccccc6)c(O)c5c4N)cc3)cc2)c(N)c1. The Morgan fingerprint density at radius 3 is 1.52 bits per heavy atom. The van der Waals surface area contributed by atoms with Crippen LogP contribution in [0.2, 0.25) is 0 Å². The molecule has 0 saturated heterocycles. The van der Waals surface area contributed by atoms with Crippen molar-refractivity contribution in [3.63, 3.8) is 0 Å². The fourth-order valence-electron chi connectivity index (χ4n) is 5.03. The van der Waals surface area contributed by atoms with Crippen LogP contribution in [-0.2, 0) is 20.2 Å². The average Bonchev–Trinajstić information content (AvgIpc) is 3.10. The molecule has 6 rings (SSSR count). The number of nitrogens with zero attached hydrogens (tertiary/aromatic N) is 6. The van der Waals surface area contributed by atoms with Crippen LogP contribution in [0.1, 0.15) is 0 Å². The number of aromatic hydroxyl groups is 1. The van der Waals surface area contributed by atoms with Crippen LogP contribution in [0.4, 0.5) is 51.2 Å². The van der Waals surface area contributed by atoms with Gasteiger partial charge in [0.2, 0.25) is 0 Å². The van der Waals surface area contributed by atoms with E-state index < -0.39 is 52.8 Å². The van der Waals surface area contributed by atoms with E-state index in [4.69, 9.17) is 17.2 Å². The highest BCUT2D eigenvalue weighted by Crippen LogP contribution is 2.48. The third-order valence-corrected chi connectivity index (χ3v) is 9.28. The average molecular weight is 738 g/mol. The largest absolute Gasteiger partial charge is 0.505 e. The van der Waals surface area contributed by atoms with Crippen LogP contribution in [0.5, 0.6) is 5.75 Å². The molecule has 0 aliphatic carbocycles. The smallest absolute Gasteiger partial charge is 0.296 e. The number of rotatable bonds is 9. The molecule has 0 saturated carbocycles. The summed E-state index contributed by atoms with van der Waals surface area (Å²) >= 11 is 0. The number of nitrogens with two attached hydrogens (primary N) is 3. The molecule has 262 valence electrons. The predicted molar refractivity (Wildman–Crippen MR) is 196 cm³/mol. The van der Waals surface area contributed by atoms with E-state index in [-0.39, 0.29) is 16.5 Å². The van der Waals surface area contributed by atoms with Crippen LogP contribution in [-0.4, -0.2) is 31.0 Å². The summed E-state index contributed by atoms with van der Waals surface area (Å²) < 4.78 is 69.4. The van der Waals surface area contributed by atoms with Gasteiger partial charge in [0, 0.05) is 5.69 Å². The van der Waals surface area contributed by atoms with Crippen LogP contribution in [0.25, 0.3) is 21.9 Å². The molecular formula is C34H27N9O7S2. The van der Waals surface area contributed by atoms with Crippen molar-refractivity contribution in [2.45, 2.75) is 9.79 Å². The Morgan fingerprint density at radius 2 is 1.00 bits per heavy atom. The van der Waals surface area contributed by atoms with Crippen LogP contribution >= 0.6 is 0 Å². The third kappa shape index (κ3) is 7.59. The van der Waals surface area contributed by atoms with Crippen LogP contribution in [0, 0.1) is 0 Å². The van der Waals surface area contributed by atoms with E-state index in [1.807, 2.05) is 12.1 Å². The molecule has 6 aromatic rings. The van der Waals surface area contributed by atoms with Gasteiger partial charge in [0.05, 0.1) is 33.8 Å². The van der Waals surface area contributed by atoms with E-state index in [1.165, 1.54) is 0 Å². The van der Waals surface area contributed by atoms with Crippen molar-refractivity contribution in [3.8, 4) is 16.9 Å². The summed E-state index contributed by atoms with van der Waals surface area (Å²) in [5.41, 5.74) is 20.4. The van der Waals surface area contributed by atoms with Crippen LogP contribution < -0.4 is 17.2 Å². The van der Waals surface area contributed by atoms with Gasteiger partial charge in [-0.1, -0.05) is 42.5 Å². The summed E-state index contributed by atoms with van der Waals surface area (Å²) in [6, 6.07) is 28.6. The fraction of sp³-hybridized carbons (Fsp3) is 0. The molecular weight excluding hydrogens is 711 g/mol.